The largest absolute Gasteiger partial charge is 0.396 e. The zero-order chi connectivity index (χ0) is 12.7. The SMILES string of the molecule is CN(CCCO)C(=O)CNC(=O)c1cccs1. The predicted molar refractivity (Wildman–Crippen MR) is 66.0 cm³/mol. The minimum absolute atomic E-state index is 0.0152. The number of nitrogens with zero attached hydrogens (tertiary/aromatic N) is 1. The second-order valence-electron chi connectivity index (χ2n) is 3.55. The molecule has 0 aliphatic rings. The Balaban J connectivity index is 2.30. The Kier molecular flexibility index (Phi) is 5.65. The van der Waals surface area contributed by atoms with E-state index in [2.05, 4.69) is 5.32 Å². The fourth-order valence-electron chi connectivity index (χ4n) is 1.22. The molecule has 0 aliphatic carbocycles. The minimum atomic E-state index is -0.232. The van der Waals surface area contributed by atoms with Crippen molar-refractivity contribution in [3.05, 3.63) is 22.4 Å². The van der Waals surface area contributed by atoms with Crippen molar-refractivity contribution in [2.75, 3.05) is 26.7 Å². The van der Waals surface area contributed by atoms with Crippen molar-refractivity contribution in [3.8, 4) is 0 Å². The quantitative estimate of drug-likeness (QED) is 0.770. The molecule has 2 N–H and O–H groups in total. The van der Waals surface area contributed by atoms with Crippen LogP contribution in [-0.4, -0.2) is 48.6 Å². The fraction of sp³-hybridized carbons (Fsp3) is 0.455. The van der Waals surface area contributed by atoms with E-state index in [1.807, 2.05) is 5.38 Å². The number of hydrogen-bond acceptors (Lipinski definition) is 4. The van der Waals surface area contributed by atoms with Crippen molar-refractivity contribution >= 4 is 23.2 Å². The first-order valence-electron chi connectivity index (χ1n) is 5.31. The number of thiophene rings is 1. The molecule has 0 aliphatic heterocycles. The van der Waals surface area contributed by atoms with Gasteiger partial charge in [0.25, 0.3) is 5.91 Å². The molecule has 2 amide bonds. The highest BCUT2D eigenvalue weighted by Gasteiger charge is 2.11. The predicted octanol–water partition coefficient (Wildman–Crippen LogP) is 0.319. The minimum Gasteiger partial charge on any atom is -0.396 e. The summed E-state index contributed by atoms with van der Waals surface area (Å²) in [5.74, 6) is -0.396. The van der Waals surface area contributed by atoms with Crippen LogP contribution in [-0.2, 0) is 4.79 Å². The average Bonchev–Trinajstić information content (AvgIpc) is 2.86. The first-order valence-corrected chi connectivity index (χ1v) is 6.19. The molecule has 1 aromatic rings. The molecule has 0 saturated carbocycles. The standard InChI is InChI=1S/C11H16N2O3S/c1-13(5-3-6-14)10(15)8-12-11(16)9-4-2-7-17-9/h2,4,7,14H,3,5-6,8H2,1H3,(H,12,16). The van der Waals surface area contributed by atoms with E-state index in [0.717, 1.165) is 0 Å². The smallest absolute Gasteiger partial charge is 0.261 e. The lowest BCUT2D eigenvalue weighted by Gasteiger charge is -2.16. The van der Waals surface area contributed by atoms with Crippen LogP contribution in [0.5, 0.6) is 0 Å². The molecule has 0 unspecified atom stereocenters. The van der Waals surface area contributed by atoms with Gasteiger partial charge in [-0.05, 0) is 17.9 Å². The van der Waals surface area contributed by atoms with E-state index >= 15 is 0 Å². The summed E-state index contributed by atoms with van der Waals surface area (Å²) < 4.78 is 0. The summed E-state index contributed by atoms with van der Waals surface area (Å²) in [7, 11) is 1.65. The molecule has 6 heteroatoms. The second kappa shape index (κ2) is 7.03. The van der Waals surface area contributed by atoms with E-state index < -0.39 is 0 Å². The molecule has 1 rings (SSSR count). The molecule has 0 fully saturated rings. The van der Waals surface area contributed by atoms with Crippen molar-refractivity contribution < 1.29 is 14.7 Å². The molecule has 0 saturated heterocycles. The lowest BCUT2D eigenvalue weighted by atomic mass is 10.4. The Morgan fingerprint density at radius 3 is 2.88 bits per heavy atom. The number of aliphatic hydroxyl groups is 1. The van der Waals surface area contributed by atoms with Crippen LogP contribution in [0.15, 0.2) is 17.5 Å². The molecule has 0 radical (unpaired) electrons. The van der Waals surface area contributed by atoms with Crippen LogP contribution in [0.3, 0.4) is 0 Å². The van der Waals surface area contributed by atoms with Gasteiger partial charge in [-0.3, -0.25) is 9.59 Å². The molecule has 5 nitrogen and oxygen atoms in total. The zero-order valence-corrected chi connectivity index (χ0v) is 10.5. The van der Waals surface area contributed by atoms with Crippen LogP contribution in [0.1, 0.15) is 16.1 Å². The molecule has 94 valence electrons. The third-order valence-corrected chi connectivity index (χ3v) is 3.09. The molecule has 0 spiro atoms. The van der Waals surface area contributed by atoms with Crippen LogP contribution in [0.25, 0.3) is 0 Å². The number of carbonyl (C=O) groups excluding carboxylic acids is 2. The summed E-state index contributed by atoms with van der Waals surface area (Å²) in [6.45, 7) is 0.530. The van der Waals surface area contributed by atoms with Crippen molar-refractivity contribution in [1.29, 1.82) is 0 Å². The molecule has 0 aromatic carbocycles. The number of aliphatic hydroxyl groups excluding tert-OH is 1. The third kappa shape index (κ3) is 4.54. The van der Waals surface area contributed by atoms with Gasteiger partial charge in [0.1, 0.15) is 0 Å². The van der Waals surface area contributed by atoms with Gasteiger partial charge in [-0.1, -0.05) is 6.07 Å². The Hall–Kier alpha value is -1.40. The van der Waals surface area contributed by atoms with Crippen molar-refractivity contribution in [1.82, 2.24) is 10.2 Å². The van der Waals surface area contributed by atoms with E-state index in [1.54, 1.807) is 19.2 Å². The Bertz CT molecular complexity index is 365. The molecular weight excluding hydrogens is 240 g/mol. The monoisotopic (exact) mass is 256 g/mol. The molecular formula is C11H16N2O3S. The van der Waals surface area contributed by atoms with Gasteiger partial charge in [-0.2, -0.15) is 0 Å². The Morgan fingerprint density at radius 1 is 1.53 bits per heavy atom. The van der Waals surface area contributed by atoms with Gasteiger partial charge >= 0.3 is 0 Å². The Labute approximate surface area is 104 Å². The van der Waals surface area contributed by atoms with E-state index in [-0.39, 0.29) is 25.0 Å². The van der Waals surface area contributed by atoms with Crippen LogP contribution in [0.2, 0.25) is 0 Å². The maximum Gasteiger partial charge on any atom is 0.261 e. The Morgan fingerprint density at radius 2 is 2.29 bits per heavy atom. The summed E-state index contributed by atoms with van der Waals surface area (Å²) in [6.07, 6.45) is 0.543. The number of likely N-dealkylation sites (N-methyl/N-ethyl adjacent to an activating group) is 1. The summed E-state index contributed by atoms with van der Waals surface area (Å²) >= 11 is 1.33. The summed E-state index contributed by atoms with van der Waals surface area (Å²) in [6, 6.07) is 3.49. The number of rotatable bonds is 6. The molecule has 1 heterocycles. The summed E-state index contributed by atoms with van der Waals surface area (Å²) in [5.41, 5.74) is 0. The normalized spacial score (nSPS) is 10.0. The average molecular weight is 256 g/mol. The number of carbonyl (C=O) groups is 2. The highest BCUT2D eigenvalue weighted by atomic mass is 32.1. The molecule has 17 heavy (non-hydrogen) atoms. The van der Waals surface area contributed by atoms with E-state index in [4.69, 9.17) is 5.11 Å². The maximum atomic E-state index is 11.6. The number of hydrogen-bond donors (Lipinski definition) is 2. The van der Waals surface area contributed by atoms with Gasteiger partial charge in [-0.15, -0.1) is 11.3 Å². The number of nitrogens with one attached hydrogen (secondary N) is 1. The van der Waals surface area contributed by atoms with Crippen LogP contribution in [0, 0.1) is 0 Å². The lowest BCUT2D eigenvalue weighted by molar-refractivity contribution is -0.128. The second-order valence-corrected chi connectivity index (χ2v) is 4.50. The summed E-state index contributed by atoms with van der Waals surface area (Å²) in [5, 5.41) is 13.0. The van der Waals surface area contributed by atoms with E-state index in [1.165, 1.54) is 16.2 Å². The highest BCUT2D eigenvalue weighted by Crippen LogP contribution is 2.07. The van der Waals surface area contributed by atoms with E-state index in [0.29, 0.717) is 17.8 Å². The first kappa shape index (κ1) is 13.7. The maximum absolute atomic E-state index is 11.6. The first-order chi connectivity index (χ1) is 8.15. The van der Waals surface area contributed by atoms with Crippen LogP contribution in [0.4, 0.5) is 0 Å². The molecule has 0 atom stereocenters. The van der Waals surface area contributed by atoms with Crippen molar-refractivity contribution in [2.24, 2.45) is 0 Å². The third-order valence-electron chi connectivity index (χ3n) is 2.22. The van der Waals surface area contributed by atoms with Crippen molar-refractivity contribution in [3.63, 3.8) is 0 Å². The molecule has 0 bridgehead atoms. The number of amides is 2. The summed E-state index contributed by atoms with van der Waals surface area (Å²) in [4.78, 5) is 25.2. The van der Waals surface area contributed by atoms with Gasteiger partial charge < -0.3 is 15.3 Å². The zero-order valence-electron chi connectivity index (χ0n) is 9.68. The highest BCUT2D eigenvalue weighted by molar-refractivity contribution is 7.12. The van der Waals surface area contributed by atoms with Gasteiger partial charge in [0.05, 0.1) is 11.4 Å². The fourth-order valence-corrected chi connectivity index (χ4v) is 1.86. The molecule has 1 aromatic heterocycles. The van der Waals surface area contributed by atoms with Gasteiger partial charge in [0.15, 0.2) is 0 Å². The van der Waals surface area contributed by atoms with Crippen LogP contribution >= 0.6 is 11.3 Å². The topological polar surface area (TPSA) is 69.6 Å². The van der Waals surface area contributed by atoms with Crippen LogP contribution < -0.4 is 5.32 Å². The van der Waals surface area contributed by atoms with Gasteiger partial charge in [-0.25, -0.2) is 0 Å². The van der Waals surface area contributed by atoms with Gasteiger partial charge in [0.2, 0.25) is 5.91 Å². The van der Waals surface area contributed by atoms with E-state index in [9.17, 15) is 9.59 Å². The van der Waals surface area contributed by atoms with Gasteiger partial charge in [0, 0.05) is 20.2 Å². The lowest BCUT2D eigenvalue weighted by Crippen LogP contribution is -2.38. The van der Waals surface area contributed by atoms with Crippen molar-refractivity contribution in [2.45, 2.75) is 6.42 Å².